The van der Waals surface area contributed by atoms with Crippen molar-refractivity contribution in [2.45, 2.75) is 122 Å². The normalized spacial score (nSPS) is 23.1. The van der Waals surface area contributed by atoms with Gasteiger partial charge in [-0.3, -0.25) is 14.4 Å². The van der Waals surface area contributed by atoms with Crippen molar-refractivity contribution in [2.75, 3.05) is 35.2 Å². The Kier molecular flexibility index (Phi) is 13.5. The summed E-state index contributed by atoms with van der Waals surface area (Å²) in [6, 6.07) is 10.9. The van der Waals surface area contributed by atoms with Crippen molar-refractivity contribution in [2.24, 2.45) is 11.3 Å². The summed E-state index contributed by atoms with van der Waals surface area (Å²) in [5.74, 6) is -0.618. The monoisotopic (exact) mass is 981 g/mol. The summed E-state index contributed by atoms with van der Waals surface area (Å²) < 4.78 is 42.9. The van der Waals surface area contributed by atoms with Gasteiger partial charge in [-0.1, -0.05) is 45.0 Å². The van der Waals surface area contributed by atoms with E-state index in [-0.39, 0.29) is 54.1 Å². The predicted octanol–water partition coefficient (Wildman–Crippen LogP) is 6.61. The van der Waals surface area contributed by atoms with E-state index in [1.807, 2.05) is 45.3 Å². The van der Waals surface area contributed by atoms with Gasteiger partial charge in [0.1, 0.15) is 17.8 Å². The van der Waals surface area contributed by atoms with Crippen LogP contribution in [0.4, 0.5) is 30.6 Å². The van der Waals surface area contributed by atoms with Crippen LogP contribution in [0, 0.1) is 18.3 Å². The number of nitrogens with zero attached hydrogens (tertiary/aromatic N) is 8. The second kappa shape index (κ2) is 19.4. The fourth-order valence-corrected chi connectivity index (χ4v) is 11.5. The number of aromatic nitrogens is 5. The number of aromatic hydroxyl groups is 1. The first-order chi connectivity index (χ1) is 33.3. The number of amides is 3. The zero-order valence-electron chi connectivity index (χ0n) is 39.5. The molecule has 3 saturated heterocycles. The van der Waals surface area contributed by atoms with E-state index in [9.17, 15) is 37.8 Å². The molecule has 1 saturated carbocycles. The summed E-state index contributed by atoms with van der Waals surface area (Å²) in [5.41, 5.74) is 9.97. The van der Waals surface area contributed by atoms with Crippen LogP contribution in [0.15, 0.2) is 66.4 Å². The third-order valence-electron chi connectivity index (χ3n) is 14.4. The molecule has 16 nitrogen and oxygen atoms in total. The molecule has 4 fully saturated rings. The molecule has 3 aromatic heterocycles. The van der Waals surface area contributed by atoms with Crippen molar-refractivity contribution in [1.82, 2.24) is 40.7 Å². The lowest BCUT2D eigenvalue weighted by atomic mass is 9.78. The topological polar surface area (TPSA) is 216 Å². The number of phenols is 1. The van der Waals surface area contributed by atoms with Gasteiger partial charge >= 0.3 is 6.18 Å². The average Bonchev–Trinajstić information content (AvgIpc) is 4.03. The van der Waals surface area contributed by atoms with Crippen molar-refractivity contribution in [3.8, 4) is 27.4 Å². The number of hydrogen-bond acceptors (Lipinski definition) is 14. The molecule has 0 spiro atoms. The van der Waals surface area contributed by atoms with Gasteiger partial charge in [0.05, 0.1) is 39.1 Å². The molecular weight excluding hydrogens is 924 g/mol. The van der Waals surface area contributed by atoms with Crippen LogP contribution in [0.5, 0.6) is 5.75 Å². The molecule has 5 aromatic rings. The second-order valence-electron chi connectivity index (χ2n) is 20.1. The third-order valence-corrected chi connectivity index (χ3v) is 15.4. The molecule has 4 aliphatic rings. The van der Waals surface area contributed by atoms with Crippen molar-refractivity contribution in [3.63, 3.8) is 0 Å². The van der Waals surface area contributed by atoms with E-state index < -0.39 is 53.7 Å². The minimum absolute atomic E-state index is 0.103. The Morgan fingerprint density at radius 2 is 1.60 bits per heavy atom. The van der Waals surface area contributed by atoms with Crippen LogP contribution in [0.2, 0.25) is 0 Å². The molecule has 2 unspecified atom stereocenters. The quantitative estimate of drug-likeness (QED) is 0.0943. The van der Waals surface area contributed by atoms with Crippen LogP contribution < -0.4 is 26.2 Å². The summed E-state index contributed by atoms with van der Waals surface area (Å²) in [7, 11) is 0. The number of halogens is 3. The SMILES string of the molecule is Cc1ncsc1-c1ccc(CNC(=O)[C@@H]2C[C@@H](O)CN2C(=O)[C@@H](NC(=O)C2CCC(c3cnc(N4C5CCC4CN(c4cc(-c6ccccc6O)nnc4N)C5)nc3)CC2)C(C)(C)C)c(C(F)(F)F)c1. The van der Waals surface area contributed by atoms with E-state index in [0.717, 1.165) is 30.2 Å². The molecule has 2 bridgehead atoms. The largest absolute Gasteiger partial charge is 0.507 e. The smallest absolute Gasteiger partial charge is 0.416 e. The van der Waals surface area contributed by atoms with Crippen molar-refractivity contribution in [1.29, 1.82) is 0 Å². The Morgan fingerprint density at radius 1 is 0.900 bits per heavy atom. The fraction of sp³-hybridized carbons (Fsp3) is 0.480. The zero-order chi connectivity index (χ0) is 49.6. The van der Waals surface area contributed by atoms with Gasteiger partial charge in [-0.25, -0.2) is 15.0 Å². The van der Waals surface area contributed by atoms with Gasteiger partial charge in [0.15, 0.2) is 5.82 Å². The van der Waals surface area contributed by atoms with Crippen molar-refractivity contribution >= 4 is 46.5 Å². The van der Waals surface area contributed by atoms with E-state index in [1.165, 1.54) is 22.3 Å². The molecule has 5 atom stereocenters. The molecule has 1 aliphatic carbocycles. The van der Waals surface area contributed by atoms with Gasteiger partial charge in [0, 0.05) is 68.6 Å². The first kappa shape index (κ1) is 48.6. The van der Waals surface area contributed by atoms with Gasteiger partial charge in [-0.2, -0.15) is 13.2 Å². The number of hydrogen-bond donors (Lipinski definition) is 5. The van der Waals surface area contributed by atoms with Gasteiger partial charge in [-0.15, -0.1) is 21.5 Å². The molecular formula is C50H58F3N11O5S. The highest BCUT2D eigenvalue weighted by Crippen LogP contribution is 2.41. The molecule has 20 heteroatoms. The molecule has 0 radical (unpaired) electrons. The number of rotatable bonds is 11. The lowest BCUT2D eigenvalue weighted by Gasteiger charge is -2.42. The van der Waals surface area contributed by atoms with Crippen LogP contribution in [-0.2, 0) is 27.1 Å². The molecule has 2 aromatic carbocycles. The fourth-order valence-electron chi connectivity index (χ4n) is 10.7. The maximum absolute atomic E-state index is 14.3. The number of para-hydroxylation sites is 1. The maximum atomic E-state index is 14.3. The molecule has 9 rings (SSSR count). The predicted molar refractivity (Wildman–Crippen MR) is 258 cm³/mol. The summed E-state index contributed by atoms with van der Waals surface area (Å²) in [6.07, 6.45) is 2.47. The number of thiazole rings is 1. The number of piperazine rings is 1. The highest BCUT2D eigenvalue weighted by molar-refractivity contribution is 7.13. The number of carbonyl (C=O) groups is 3. The molecule has 3 amide bonds. The van der Waals surface area contributed by atoms with Crippen LogP contribution in [0.3, 0.4) is 0 Å². The van der Waals surface area contributed by atoms with Crippen LogP contribution in [0.1, 0.15) is 94.0 Å². The van der Waals surface area contributed by atoms with Crippen molar-refractivity contribution in [3.05, 3.63) is 88.8 Å². The van der Waals surface area contributed by atoms with Crippen LogP contribution in [-0.4, -0.2) is 108 Å². The molecule has 6 heterocycles. The number of carbonyl (C=O) groups excluding carboxylic acids is 3. The van der Waals surface area contributed by atoms with Gasteiger partial charge in [0.2, 0.25) is 23.7 Å². The zero-order valence-corrected chi connectivity index (χ0v) is 40.3. The number of aliphatic hydroxyl groups is 1. The van der Waals surface area contributed by atoms with Gasteiger partial charge < -0.3 is 41.3 Å². The summed E-state index contributed by atoms with van der Waals surface area (Å²) in [4.78, 5) is 62.2. The Labute approximate surface area is 407 Å². The van der Waals surface area contributed by atoms with E-state index in [0.29, 0.717) is 77.9 Å². The first-order valence-corrected chi connectivity index (χ1v) is 24.7. The molecule has 3 aliphatic heterocycles. The lowest BCUT2D eigenvalue weighted by Crippen LogP contribution is -2.58. The van der Waals surface area contributed by atoms with E-state index in [4.69, 9.17) is 15.7 Å². The third kappa shape index (κ3) is 9.97. The number of anilines is 3. The molecule has 370 valence electrons. The number of nitrogens with two attached hydrogens (primary N) is 1. The van der Waals surface area contributed by atoms with Gasteiger partial charge in [-0.05, 0) is 97.7 Å². The van der Waals surface area contributed by atoms with Gasteiger partial charge in [0.25, 0.3) is 0 Å². The Morgan fingerprint density at radius 3 is 2.24 bits per heavy atom. The Bertz CT molecular complexity index is 2730. The second-order valence-corrected chi connectivity index (χ2v) is 21.0. The molecule has 70 heavy (non-hydrogen) atoms. The number of aryl methyl sites for hydroxylation is 1. The number of benzene rings is 2. The first-order valence-electron chi connectivity index (χ1n) is 23.8. The standard InChI is InChI=1S/C50H58F3N11O5S/c1-27-42(70-26-58-27)30-13-14-31(37(17-30)50(51,52)53)20-55-46(68)40-18-35(65)25-63(40)47(69)43(49(2,3)4)59-45(67)29-11-9-28(10-12-29)32-21-56-48(57-22-32)64-33-15-16-34(64)24-62(23-33)39-19-38(60-61-44(39)54)36-7-5-6-8-41(36)66/h5-8,13-14,17,19,21-22,26,28-29,33-35,40,43,65-66H,9-12,15-16,18,20,23-25H2,1-4H3,(H2,54,61)(H,55,68)(H,59,67)/t28?,29?,33?,34?,35-,40+,43-/m1/s1. The summed E-state index contributed by atoms with van der Waals surface area (Å²) >= 11 is 1.24. The van der Waals surface area contributed by atoms with E-state index >= 15 is 0 Å². The van der Waals surface area contributed by atoms with E-state index in [2.05, 4.69) is 35.6 Å². The number of nitrogens with one attached hydrogen (secondary N) is 2. The highest BCUT2D eigenvalue weighted by atomic mass is 32.1. The van der Waals surface area contributed by atoms with Crippen LogP contribution in [0.25, 0.3) is 21.7 Å². The minimum atomic E-state index is -4.70. The Balaban J connectivity index is 0.796. The molecule has 6 N–H and O–H groups in total. The minimum Gasteiger partial charge on any atom is -0.507 e. The number of β-amino-alcohol motifs (C(OH)–C–C–N with tert-alkyl or cyclic N) is 1. The summed E-state index contributed by atoms with van der Waals surface area (Å²) in [5, 5.41) is 35.2. The number of alkyl halides is 3. The highest BCUT2D eigenvalue weighted by Gasteiger charge is 2.46. The number of fused-ring (bicyclic) bond motifs is 2. The summed E-state index contributed by atoms with van der Waals surface area (Å²) in [6.45, 7) is 7.92. The average molecular weight is 982 g/mol. The number of nitrogen functional groups attached to an aromatic ring is 1. The lowest BCUT2D eigenvalue weighted by molar-refractivity contribution is -0.144. The van der Waals surface area contributed by atoms with Crippen molar-refractivity contribution < 1.29 is 37.8 Å². The maximum Gasteiger partial charge on any atom is 0.416 e. The number of likely N-dealkylation sites (tertiary alicyclic amines) is 1. The number of aliphatic hydroxyl groups excluding tert-OH is 1. The van der Waals surface area contributed by atoms with Crippen LogP contribution >= 0.6 is 11.3 Å². The Hall–Kier alpha value is -6.41. The number of phenolic OH excluding ortho intramolecular Hbond substituents is 1. The van der Waals surface area contributed by atoms with E-state index in [1.54, 1.807) is 36.7 Å².